The molecule has 0 aromatic carbocycles. The summed E-state index contributed by atoms with van der Waals surface area (Å²) in [6, 6.07) is 0. The van der Waals surface area contributed by atoms with Gasteiger partial charge in [-0.2, -0.15) is 14.3 Å². The van der Waals surface area contributed by atoms with Gasteiger partial charge in [0.15, 0.2) is 6.29 Å². The summed E-state index contributed by atoms with van der Waals surface area (Å²) >= 11 is 3.57. The Bertz CT molecular complexity index is 592. The Morgan fingerprint density at radius 1 is 1.48 bits per heavy atom. The maximum atomic E-state index is 11.1. The van der Waals surface area contributed by atoms with E-state index in [1.165, 1.54) is 6.33 Å². The molecule has 156 valence electrons. The fourth-order valence-electron chi connectivity index (χ4n) is 2.23. The molecule has 1 aliphatic heterocycles. The molecule has 0 bridgehead atoms. The molecule has 2 unspecified atom stereocenters. The summed E-state index contributed by atoms with van der Waals surface area (Å²) in [7, 11) is -1.93. The van der Waals surface area contributed by atoms with Crippen LogP contribution in [0.2, 0.25) is 0 Å². The quantitative estimate of drug-likeness (QED) is 0.182. The van der Waals surface area contributed by atoms with Crippen molar-refractivity contribution in [3.8, 4) is 0 Å². The molecule has 0 amide bonds. The molecular weight excluding hydrogens is 391 g/mol. The Morgan fingerprint density at radius 2 is 2.11 bits per heavy atom. The van der Waals surface area contributed by atoms with Crippen LogP contribution in [0.3, 0.4) is 0 Å². The number of thiol groups is 1. The van der Waals surface area contributed by atoms with Crippen molar-refractivity contribution in [3.63, 3.8) is 0 Å². The van der Waals surface area contributed by atoms with Crippen molar-refractivity contribution < 1.29 is 23.8 Å². The summed E-state index contributed by atoms with van der Waals surface area (Å²) in [4.78, 5) is 37.5. The third-order valence-electron chi connectivity index (χ3n) is 3.40. The van der Waals surface area contributed by atoms with E-state index in [4.69, 9.17) is 19.0 Å². The van der Waals surface area contributed by atoms with E-state index in [0.717, 1.165) is 0 Å². The predicted molar refractivity (Wildman–Crippen MR) is 112 cm³/mol. The number of aromatic nitrogens is 2. The molecule has 2 heterocycles. The van der Waals surface area contributed by atoms with Gasteiger partial charge in [0.25, 0.3) is 0 Å². The number of carbonyl (C=O) groups is 1. The number of carbonyl (C=O) groups excluding carboxylic acids is 1. The lowest BCUT2D eigenvalue weighted by Crippen LogP contribution is -2.19. The summed E-state index contributed by atoms with van der Waals surface area (Å²) < 4.78 is 12.4. The van der Waals surface area contributed by atoms with Crippen LogP contribution in [-0.4, -0.2) is 51.2 Å². The highest BCUT2D eigenvalue weighted by atomic mass is 32.7. The Balaban J connectivity index is 0.00000158. The van der Waals surface area contributed by atoms with E-state index < -0.39 is 7.15 Å². The van der Waals surface area contributed by atoms with Crippen LogP contribution >= 0.6 is 19.4 Å². The fraction of sp³-hybridized carbons (Fsp3) is 0.688. The van der Waals surface area contributed by atoms with Crippen molar-refractivity contribution in [1.82, 2.24) is 9.55 Å². The lowest BCUT2D eigenvalue weighted by atomic mass is 10.2. The van der Waals surface area contributed by atoms with Crippen LogP contribution in [0, 0.1) is 0 Å². The monoisotopic (exact) mass is 423 g/mol. The SMILES string of the molecule is CC.CC.CN=C(C)Nc1c(C=O)ncn1C1CCC(CO[P+](O)(O)S)O1. The molecule has 27 heavy (non-hydrogen) atoms. The summed E-state index contributed by atoms with van der Waals surface area (Å²) in [6.07, 6.45) is 2.91. The standard InChI is InChI=1S/C12H19N4O5PS.2C2H6/c1-8(13-2)15-12-10(5-17)14-7-16(12)11-4-3-9(21-11)6-20-22(18,19)23;2*1-2/h5,7,9,11,18-19,23H,3-4,6H2,1-2H3;2*1-2H3/p+1. The van der Waals surface area contributed by atoms with E-state index in [9.17, 15) is 4.79 Å². The van der Waals surface area contributed by atoms with Crippen molar-refractivity contribution in [1.29, 1.82) is 0 Å². The third kappa shape index (κ3) is 8.68. The van der Waals surface area contributed by atoms with E-state index in [-0.39, 0.29) is 24.6 Å². The molecule has 3 N–H and O–H groups in total. The van der Waals surface area contributed by atoms with Gasteiger partial charge in [0.1, 0.15) is 24.3 Å². The summed E-state index contributed by atoms with van der Waals surface area (Å²) in [6.45, 7) is 9.81. The molecular formula is C16H32N4O5PS+. The van der Waals surface area contributed by atoms with Gasteiger partial charge in [-0.05, 0) is 19.8 Å². The van der Waals surface area contributed by atoms with Gasteiger partial charge in [0.2, 0.25) is 0 Å². The van der Waals surface area contributed by atoms with Gasteiger partial charge < -0.3 is 10.1 Å². The molecule has 0 spiro atoms. The molecule has 2 rings (SSSR count). The smallest absolute Gasteiger partial charge is 0.352 e. The van der Waals surface area contributed by atoms with Crippen LogP contribution in [-0.2, 0) is 9.26 Å². The minimum atomic E-state index is -3.57. The highest BCUT2D eigenvalue weighted by molar-refractivity contribution is 8.47. The molecule has 0 aliphatic carbocycles. The predicted octanol–water partition coefficient (Wildman–Crippen LogP) is 3.49. The number of ether oxygens (including phenoxy) is 1. The number of imidazole rings is 1. The van der Waals surface area contributed by atoms with Crippen LogP contribution in [0.25, 0.3) is 0 Å². The highest BCUT2D eigenvalue weighted by Crippen LogP contribution is 2.56. The van der Waals surface area contributed by atoms with Gasteiger partial charge in [-0.1, -0.05) is 27.7 Å². The van der Waals surface area contributed by atoms with Gasteiger partial charge in [-0.15, -0.1) is 0 Å². The zero-order valence-electron chi connectivity index (χ0n) is 16.8. The van der Waals surface area contributed by atoms with E-state index in [1.807, 2.05) is 27.7 Å². The molecule has 2 atom stereocenters. The van der Waals surface area contributed by atoms with E-state index in [1.54, 1.807) is 18.5 Å². The van der Waals surface area contributed by atoms with Gasteiger partial charge in [-0.3, -0.25) is 14.4 Å². The first-order chi connectivity index (χ1) is 12.8. The van der Waals surface area contributed by atoms with Gasteiger partial charge in [-0.25, -0.2) is 4.98 Å². The average molecular weight is 423 g/mol. The van der Waals surface area contributed by atoms with Crippen LogP contribution in [0.15, 0.2) is 11.3 Å². The largest absolute Gasteiger partial charge is 0.472 e. The second kappa shape index (κ2) is 13.2. The number of nitrogens with one attached hydrogen (secondary N) is 1. The number of hydrogen-bond donors (Lipinski definition) is 4. The van der Waals surface area contributed by atoms with Gasteiger partial charge in [0.05, 0.1) is 30.5 Å². The number of rotatable bonds is 6. The summed E-state index contributed by atoms with van der Waals surface area (Å²) in [5, 5.41) is 3.03. The zero-order chi connectivity index (χ0) is 21.0. The highest BCUT2D eigenvalue weighted by Gasteiger charge is 2.35. The molecule has 0 saturated carbocycles. The Kier molecular flexibility index (Phi) is 12.7. The third-order valence-corrected chi connectivity index (χ3v) is 4.24. The maximum Gasteiger partial charge on any atom is 0.472 e. The summed E-state index contributed by atoms with van der Waals surface area (Å²) in [5.74, 6) is 1.15. The van der Waals surface area contributed by atoms with Crippen LogP contribution in [0.4, 0.5) is 5.82 Å². The molecule has 1 aliphatic rings. The molecule has 1 aromatic rings. The van der Waals surface area contributed by atoms with Gasteiger partial charge in [0, 0.05) is 7.05 Å². The van der Waals surface area contributed by atoms with Crippen molar-refractivity contribution in [2.75, 3.05) is 19.0 Å². The lowest BCUT2D eigenvalue weighted by molar-refractivity contribution is -0.0187. The molecule has 1 fully saturated rings. The second-order valence-electron chi connectivity index (χ2n) is 5.04. The average Bonchev–Trinajstić information content (AvgIpc) is 3.29. The van der Waals surface area contributed by atoms with Crippen LogP contribution in [0.1, 0.15) is 64.2 Å². The number of nitrogens with zero attached hydrogens (tertiary/aromatic N) is 3. The summed E-state index contributed by atoms with van der Waals surface area (Å²) in [5.41, 5.74) is 0.266. The first-order valence-corrected chi connectivity index (χ1v) is 11.7. The minimum Gasteiger partial charge on any atom is -0.352 e. The zero-order valence-corrected chi connectivity index (χ0v) is 18.6. The maximum absolute atomic E-state index is 11.1. The molecule has 1 aromatic heterocycles. The number of anilines is 1. The minimum absolute atomic E-state index is 0.0359. The van der Waals surface area contributed by atoms with Crippen LogP contribution < -0.4 is 5.32 Å². The molecule has 1 saturated heterocycles. The van der Waals surface area contributed by atoms with Crippen LogP contribution in [0.5, 0.6) is 0 Å². The number of aliphatic imine (C=N–C) groups is 1. The molecule has 11 heteroatoms. The first kappa shape index (κ1) is 26.0. The van der Waals surface area contributed by atoms with E-state index in [2.05, 4.69) is 27.5 Å². The molecule has 0 radical (unpaired) electrons. The fourth-order valence-corrected chi connectivity index (χ4v) is 2.80. The number of amidine groups is 1. The van der Waals surface area contributed by atoms with E-state index in [0.29, 0.717) is 30.8 Å². The molecule has 9 nitrogen and oxygen atoms in total. The number of aldehydes is 1. The van der Waals surface area contributed by atoms with Crippen molar-refractivity contribution in [2.45, 2.75) is 59.8 Å². The first-order valence-electron chi connectivity index (χ1n) is 8.93. The van der Waals surface area contributed by atoms with Crippen molar-refractivity contribution in [2.24, 2.45) is 4.99 Å². The van der Waals surface area contributed by atoms with Crippen molar-refractivity contribution >= 4 is 37.3 Å². The Labute approximate surface area is 166 Å². The second-order valence-corrected chi connectivity index (χ2v) is 7.88. The number of hydrogen-bond acceptors (Lipinski definition) is 8. The Hall–Kier alpha value is -1.03. The van der Waals surface area contributed by atoms with Gasteiger partial charge >= 0.3 is 7.15 Å². The lowest BCUT2D eigenvalue weighted by Gasteiger charge is -2.18. The van der Waals surface area contributed by atoms with E-state index >= 15 is 0 Å². The normalized spacial score (nSPS) is 19.5. The Morgan fingerprint density at radius 3 is 2.63 bits per heavy atom. The van der Waals surface area contributed by atoms with Crippen molar-refractivity contribution in [3.05, 3.63) is 12.0 Å². The topological polar surface area (TPSA) is 118 Å².